The summed E-state index contributed by atoms with van der Waals surface area (Å²) in [6, 6.07) is 11.4. The molecular formula is C67H84F2N10O9SSi. The van der Waals surface area contributed by atoms with Crippen LogP contribution in [0.15, 0.2) is 60.2 Å². The molecule has 0 radical (unpaired) electrons. The lowest BCUT2D eigenvalue weighted by Gasteiger charge is -2.42. The summed E-state index contributed by atoms with van der Waals surface area (Å²) >= 11 is 1.56. The van der Waals surface area contributed by atoms with Gasteiger partial charge in [-0.2, -0.15) is 9.97 Å². The summed E-state index contributed by atoms with van der Waals surface area (Å²) in [5, 5.41) is 18.2. The number of methoxy groups -OCH3 is 1. The van der Waals surface area contributed by atoms with Crippen LogP contribution in [0.4, 0.5) is 19.4 Å². The maximum absolute atomic E-state index is 18.0. The van der Waals surface area contributed by atoms with Crippen LogP contribution in [0.2, 0.25) is 19.6 Å². The lowest BCUT2D eigenvalue weighted by Crippen LogP contribution is -2.58. The first-order valence-corrected chi connectivity index (χ1v) is 35.3. The van der Waals surface area contributed by atoms with Gasteiger partial charge in [0.25, 0.3) is 0 Å². The second-order valence-corrected chi connectivity index (χ2v) is 33.5. The van der Waals surface area contributed by atoms with E-state index in [0.29, 0.717) is 53.9 Å². The van der Waals surface area contributed by atoms with Crippen LogP contribution in [0.1, 0.15) is 110 Å². The van der Waals surface area contributed by atoms with Gasteiger partial charge in [0.15, 0.2) is 12.6 Å². The van der Waals surface area contributed by atoms with Gasteiger partial charge >= 0.3 is 12.1 Å². The molecule has 23 heteroatoms. The van der Waals surface area contributed by atoms with E-state index in [1.54, 1.807) is 29.5 Å². The molecule has 3 N–H and O–H groups in total. The number of aliphatic hydroxyl groups excluding tert-OH is 1. The van der Waals surface area contributed by atoms with Gasteiger partial charge in [-0.1, -0.05) is 76.7 Å². The van der Waals surface area contributed by atoms with Crippen molar-refractivity contribution in [3.8, 4) is 44.9 Å². The number of carbonyl (C=O) groups excluding carboxylic acids is 4. The summed E-state index contributed by atoms with van der Waals surface area (Å²) in [6.45, 7) is 22.7. The SMILES string of the molecule is COCOc1cc(-c2ncc3c(N4CC5CCC(C4)N5C(=O)OC(C)(C)C)nc(OCC4(CN(C)CCC(=O)N[C@H](C(=O)N5C[C@H](O)C[C@H]5C(=O)N[C@@H](C)c5ccc(-c6scnc6C)cc5)C(C)(C)C)CC4)nc3c2F)c2c(C#C[Si](C)(C)C)c(F)ccc2c1. The number of aromatic nitrogens is 4. The molecule has 4 amide bonds. The Bertz CT molecular complexity index is 3750. The number of piperazine rings is 1. The molecule has 3 saturated heterocycles. The zero-order valence-electron chi connectivity index (χ0n) is 53.9. The second kappa shape index (κ2) is 26.1. The molecule has 10 rings (SSSR count). The Kier molecular flexibility index (Phi) is 19.0. The zero-order valence-corrected chi connectivity index (χ0v) is 55.7. The molecule has 1 aliphatic carbocycles. The fourth-order valence-corrected chi connectivity index (χ4v) is 13.6. The quantitative estimate of drug-likeness (QED) is 0.0391. The highest BCUT2D eigenvalue weighted by atomic mass is 32.1. The molecule has 480 valence electrons. The lowest BCUT2D eigenvalue weighted by molar-refractivity contribution is -0.144. The van der Waals surface area contributed by atoms with E-state index in [4.69, 9.17) is 33.9 Å². The minimum Gasteiger partial charge on any atom is -0.468 e. The number of hydrogen-bond acceptors (Lipinski definition) is 16. The van der Waals surface area contributed by atoms with Gasteiger partial charge in [0.1, 0.15) is 54.4 Å². The summed E-state index contributed by atoms with van der Waals surface area (Å²) < 4.78 is 57.6. The number of nitrogens with one attached hydrogen (secondary N) is 2. The number of amides is 4. The Balaban J connectivity index is 0.858. The molecule has 1 saturated carbocycles. The van der Waals surface area contributed by atoms with Crippen LogP contribution in [0, 0.1) is 40.9 Å². The predicted molar refractivity (Wildman–Crippen MR) is 346 cm³/mol. The Labute approximate surface area is 530 Å². The number of nitrogens with zero attached hydrogens (tertiary/aromatic N) is 8. The molecule has 6 atom stereocenters. The normalized spacial score (nSPS) is 19.6. The van der Waals surface area contributed by atoms with Crippen LogP contribution in [0.25, 0.3) is 43.4 Å². The number of carbonyl (C=O) groups is 4. The minimum absolute atomic E-state index is 0.0501. The largest absolute Gasteiger partial charge is 0.468 e. The Morgan fingerprint density at radius 2 is 1.66 bits per heavy atom. The predicted octanol–water partition coefficient (Wildman–Crippen LogP) is 10.2. The van der Waals surface area contributed by atoms with Gasteiger partial charge in [-0.05, 0) is 107 Å². The van der Waals surface area contributed by atoms with Crippen molar-refractivity contribution < 1.29 is 52.0 Å². The van der Waals surface area contributed by atoms with Crippen LogP contribution in [0.3, 0.4) is 0 Å². The van der Waals surface area contributed by atoms with E-state index in [1.165, 1.54) is 24.3 Å². The van der Waals surface area contributed by atoms with Crippen molar-refractivity contribution in [2.45, 2.75) is 155 Å². The standard InChI is InChI=1S/C67H84F2N10O9SSi/c1-39(41-14-16-42(17-15-41)58-40(2)71-37-89-58)72-61(82)52-29-46(80)34-78(52)62(83)59(65(3,4)5)73-53(81)22-26-76(9)35-67(24-25-67)36-86-63-74-57-50(60(75-63)77-32-44-19-20-45(33-77)79(44)64(84)88-66(6,7)8)31-70-56(55(57)69)49-30-47(87-38-85-10)28-43-18-21-51(68)48(54(43)49)23-27-90(11,12)13/h14-18,21,28,30-31,37,39,44-46,52,59,80H,19-20,22,24-26,29,32-36,38H2,1-13H3,(H,72,82)(H,73,81)/t39-,44?,45?,46+,52-,59+/m0/s1. The Morgan fingerprint density at radius 3 is 2.29 bits per heavy atom. The summed E-state index contributed by atoms with van der Waals surface area (Å²) in [5.74, 6) is 1.30. The molecule has 3 aromatic carbocycles. The summed E-state index contributed by atoms with van der Waals surface area (Å²) in [7, 11) is 1.38. The maximum Gasteiger partial charge on any atom is 0.410 e. The van der Waals surface area contributed by atoms with Crippen molar-refractivity contribution in [2.24, 2.45) is 10.8 Å². The van der Waals surface area contributed by atoms with Gasteiger partial charge in [-0.15, -0.1) is 16.9 Å². The fourth-order valence-electron chi connectivity index (χ4n) is 12.3. The molecule has 4 aliphatic rings. The molecule has 19 nitrogen and oxygen atoms in total. The number of fused-ring (bicyclic) bond motifs is 4. The number of pyridine rings is 1. The summed E-state index contributed by atoms with van der Waals surface area (Å²) in [5.41, 5.74) is 6.32. The third-order valence-corrected chi connectivity index (χ3v) is 18.9. The fraction of sp³-hybridized carbons (Fsp3) is 0.522. The number of ether oxygens (including phenoxy) is 4. The highest BCUT2D eigenvalue weighted by Gasteiger charge is 2.48. The molecule has 3 aliphatic heterocycles. The van der Waals surface area contributed by atoms with Gasteiger partial charge < -0.3 is 49.4 Å². The van der Waals surface area contributed by atoms with Gasteiger partial charge in [-0.25, -0.2) is 18.6 Å². The summed E-state index contributed by atoms with van der Waals surface area (Å²) in [6.07, 6.45) is 3.42. The first-order chi connectivity index (χ1) is 42.5. The topological polar surface area (TPSA) is 214 Å². The molecule has 6 heterocycles. The van der Waals surface area contributed by atoms with E-state index in [0.717, 1.165) is 47.4 Å². The highest BCUT2D eigenvalue weighted by Crippen LogP contribution is 2.47. The average molecular weight is 1270 g/mol. The highest BCUT2D eigenvalue weighted by molar-refractivity contribution is 7.13. The number of hydrogen-bond donors (Lipinski definition) is 3. The second-order valence-electron chi connectivity index (χ2n) is 27.9. The number of halogens is 2. The monoisotopic (exact) mass is 1270 g/mol. The van der Waals surface area contributed by atoms with E-state index < -0.39 is 60.7 Å². The van der Waals surface area contributed by atoms with Crippen molar-refractivity contribution in [2.75, 3.05) is 65.2 Å². The van der Waals surface area contributed by atoms with Crippen LogP contribution in [0.5, 0.6) is 11.8 Å². The lowest BCUT2D eigenvalue weighted by atomic mass is 9.85. The molecular weight excluding hydrogens is 1190 g/mol. The third kappa shape index (κ3) is 14.8. The van der Waals surface area contributed by atoms with Crippen LogP contribution < -0.4 is 25.0 Å². The first-order valence-electron chi connectivity index (χ1n) is 30.9. The van der Waals surface area contributed by atoms with Gasteiger partial charge in [-0.3, -0.25) is 24.3 Å². The van der Waals surface area contributed by atoms with Crippen LogP contribution in [-0.4, -0.2) is 168 Å². The number of likely N-dealkylation sites (tertiary alicyclic amines) is 1. The van der Waals surface area contributed by atoms with E-state index >= 15 is 8.78 Å². The van der Waals surface area contributed by atoms with Crippen molar-refractivity contribution >= 4 is 70.7 Å². The molecule has 2 unspecified atom stereocenters. The van der Waals surface area contributed by atoms with E-state index in [2.05, 4.69) is 46.7 Å². The van der Waals surface area contributed by atoms with Gasteiger partial charge in [0.05, 0.1) is 57.9 Å². The number of thiazole rings is 1. The van der Waals surface area contributed by atoms with Crippen LogP contribution in [-0.2, 0) is 23.9 Å². The zero-order chi connectivity index (χ0) is 64.8. The number of benzene rings is 3. The van der Waals surface area contributed by atoms with E-state index in [1.807, 2.05) is 107 Å². The Hall–Kier alpha value is -7.36. The van der Waals surface area contributed by atoms with Crippen molar-refractivity contribution in [1.29, 1.82) is 0 Å². The molecule has 6 aromatic rings. The number of rotatable bonds is 19. The minimum atomic E-state index is -2.02. The van der Waals surface area contributed by atoms with Gasteiger partial charge in [0, 0.05) is 75.2 Å². The third-order valence-electron chi connectivity index (χ3n) is 17.1. The van der Waals surface area contributed by atoms with Crippen LogP contribution >= 0.6 is 11.3 Å². The maximum atomic E-state index is 18.0. The average Bonchev–Trinajstić information content (AvgIpc) is 0.910. The number of β-amino-alcohol motifs (C(OH)–C–C–N with tert-alkyl or cyclic N) is 1. The molecule has 90 heavy (non-hydrogen) atoms. The number of aryl methyl sites for hydroxylation is 1. The summed E-state index contributed by atoms with van der Waals surface area (Å²) in [4.78, 5) is 83.3. The molecule has 4 fully saturated rings. The van der Waals surface area contributed by atoms with Crippen molar-refractivity contribution in [3.63, 3.8) is 0 Å². The Morgan fingerprint density at radius 1 is 0.944 bits per heavy atom. The van der Waals surface area contributed by atoms with E-state index in [9.17, 15) is 24.3 Å². The molecule has 3 aromatic heterocycles. The molecule has 2 bridgehead atoms. The van der Waals surface area contributed by atoms with Gasteiger partial charge in [0.2, 0.25) is 17.7 Å². The van der Waals surface area contributed by atoms with Crippen molar-refractivity contribution in [3.05, 3.63) is 88.7 Å². The number of anilines is 1. The van der Waals surface area contributed by atoms with Crippen molar-refractivity contribution in [1.82, 2.24) is 45.3 Å². The number of aliphatic hydroxyl groups is 1. The smallest absolute Gasteiger partial charge is 0.410 e. The first kappa shape index (κ1) is 65.6. The molecule has 0 spiro atoms. The van der Waals surface area contributed by atoms with E-state index in [-0.39, 0.29) is 96.7 Å².